The fraction of sp³-hybridized carbons (Fsp3) is 0.222. The summed E-state index contributed by atoms with van der Waals surface area (Å²) in [6.07, 6.45) is 1.41. The maximum Gasteiger partial charge on any atom is 0.314 e. The number of aliphatic carboxylic acids is 1. The maximum atomic E-state index is 11.6. The van der Waals surface area contributed by atoms with E-state index >= 15 is 0 Å². The highest BCUT2D eigenvalue weighted by Crippen LogP contribution is 2.48. The van der Waals surface area contributed by atoms with Crippen LogP contribution >= 0.6 is 0 Å². The number of pyridine rings is 1. The van der Waals surface area contributed by atoms with Gasteiger partial charge in [-0.15, -0.1) is 0 Å². The van der Waals surface area contributed by atoms with Crippen LogP contribution in [0, 0.1) is 6.92 Å². The molecule has 0 amide bonds. The van der Waals surface area contributed by atoms with Gasteiger partial charge in [-0.05, 0) is 49.4 Å². The highest BCUT2D eigenvalue weighted by Gasteiger charge is 2.51. The summed E-state index contributed by atoms with van der Waals surface area (Å²) in [5.74, 6) is 1.08. The van der Waals surface area contributed by atoms with Crippen molar-refractivity contribution in [2.24, 2.45) is 0 Å². The van der Waals surface area contributed by atoms with Gasteiger partial charge in [0.25, 0.3) is 0 Å². The van der Waals surface area contributed by atoms with Crippen molar-refractivity contribution in [1.29, 1.82) is 0 Å². The molecular formula is C27H25N3O4. The Kier molecular flexibility index (Phi) is 5.53. The molecular weight excluding hydrogens is 430 g/mol. The Bertz CT molecular complexity index is 1320. The molecule has 1 saturated carbocycles. The normalized spacial score (nSPS) is 13.9. The molecule has 2 heterocycles. The third-order valence-electron chi connectivity index (χ3n) is 6.21. The van der Waals surface area contributed by atoms with Gasteiger partial charge in [-0.2, -0.15) is 4.98 Å². The van der Waals surface area contributed by atoms with E-state index < -0.39 is 11.4 Å². The van der Waals surface area contributed by atoms with Gasteiger partial charge in [0.05, 0.1) is 12.0 Å². The Morgan fingerprint density at radius 1 is 1.03 bits per heavy atom. The number of rotatable bonds is 8. The summed E-state index contributed by atoms with van der Waals surface area (Å²) in [7, 11) is 0. The molecule has 1 fully saturated rings. The molecule has 4 aromatic rings. The molecule has 0 bridgehead atoms. The zero-order valence-corrected chi connectivity index (χ0v) is 19.0. The van der Waals surface area contributed by atoms with Gasteiger partial charge < -0.3 is 19.7 Å². The number of hydrogen-bond donors (Lipinski definition) is 2. The minimum Gasteiger partial charge on any atom is -0.481 e. The molecule has 34 heavy (non-hydrogen) atoms. The quantitative estimate of drug-likeness (QED) is 0.338. The summed E-state index contributed by atoms with van der Waals surface area (Å²) < 4.78 is 11.1. The molecule has 1 aliphatic carbocycles. The van der Waals surface area contributed by atoms with Crippen molar-refractivity contribution in [1.82, 2.24) is 10.1 Å². The predicted molar refractivity (Wildman–Crippen MR) is 129 cm³/mol. The largest absolute Gasteiger partial charge is 0.481 e. The van der Waals surface area contributed by atoms with E-state index in [4.69, 9.17) is 9.26 Å². The van der Waals surface area contributed by atoms with Crippen LogP contribution in [0.3, 0.4) is 0 Å². The van der Waals surface area contributed by atoms with Crippen LogP contribution in [0.2, 0.25) is 0 Å². The summed E-state index contributed by atoms with van der Waals surface area (Å²) in [6.45, 7) is 4.34. The standard InChI is InChI=1S/C27H25N3O4/c1-3-33-23-6-4-5-22(28-23)29-24-17(2)30-34-25(24)20-9-7-18(8-10-20)19-11-13-21(14-12-19)27(15-16-27)26(31)32/h4-14H,3,15-16H2,1-2H3,(H,28,29)(H,31,32). The molecule has 2 aromatic heterocycles. The van der Waals surface area contributed by atoms with E-state index in [0.717, 1.165) is 33.6 Å². The minimum absolute atomic E-state index is 0.545. The number of hydrogen-bond acceptors (Lipinski definition) is 6. The fourth-order valence-electron chi connectivity index (χ4n) is 4.10. The van der Waals surface area contributed by atoms with Gasteiger partial charge >= 0.3 is 5.97 Å². The fourth-order valence-corrected chi connectivity index (χ4v) is 4.10. The van der Waals surface area contributed by atoms with E-state index in [-0.39, 0.29) is 0 Å². The van der Waals surface area contributed by atoms with Gasteiger partial charge in [-0.25, -0.2) is 0 Å². The van der Waals surface area contributed by atoms with Gasteiger partial charge in [0.1, 0.15) is 17.2 Å². The van der Waals surface area contributed by atoms with Crippen molar-refractivity contribution in [2.45, 2.75) is 32.1 Å². The number of anilines is 2. The Hall–Kier alpha value is -4.13. The van der Waals surface area contributed by atoms with E-state index in [1.165, 1.54) is 0 Å². The Morgan fingerprint density at radius 2 is 1.68 bits per heavy atom. The first-order valence-electron chi connectivity index (χ1n) is 11.3. The number of nitrogens with zero attached hydrogens (tertiary/aromatic N) is 2. The summed E-state index contributed by atoms with van der Waals surface area (Å²) >= 11 is 0. The number of benzene rings is 2. The summed E-state index contributed by atoms with van der Waals surface area (Å²) in [6, 6.07) is 21.4. The summed E-state index contributed by atoms with van der Waals surface area (Å²) in [5, 5.41) is 16.9. The second kappa shape index (κ2) is 8.67. The van der Waals surface area contributed by atoms with E-state index in [1.807, 2.05) is 80.6 Å². The number of aryl methyl sites for hydroxylation is 1. The third-order valence-corrected chi connectivity index (χ3v) is 6.21. The van der Waals surface area contributed by atoms with E-state index in [0.29, 0.717) is 36.9 Å². The molecule has 2 aromatic carbocycles. The third kappa shape index (κ3) is 4.01. The van der Waals surface area contributed by atoms with Crippen molar-refractivity contribution in [3.05, 3.63) is 78.0 Å². The molecule has 0 saturated heterocycles. The highest BCUT2D eigenvalue weighted by molar-refractivity contribution is 5.85. The summed E-state index contributed by atoms with van der Waals surface area (Å²) in [4.78, 5) is 16.0. The van der Waals surface area contributed by atoms with Gasteiger partial charge in [0.2, 0.25) is 5.88 Å². The molecule has 172 valence electrons. The highest BCUT2D eigenvalue weighted by atomic mass is 16.5. The molecule has 0 spiro atoms. The molecule has 0 radical (unpaired) electrons. The first kappa shape index (κ1) is 21.7. The molecule has 2 N–H and O–H groups in total. The monoisotopic (exact) mass is 455 g/mol. The van der Waals surface area contributed by atoms with Crippen LogP contribution in [-0.2, 0) is 10.2 Å². The van der Waals surface area contributed by atoms with E-state index in [9.17, 15) is 9.90 Å². The van der Waals surface area contributed by atoms with Crippen LogP contribution in [-0.4, -0.2) is 27.8 Å². The van der Waals surface area contributed by atoms with Gasteiger partial charge in [0.15, 0.2) is 5.76 Å². The lowest BCUT2D eigenvalue weighted by molar-refractivity contribution is -0.140. The number of carbonyl (C=O) groups is 1. The molecule has 5 rings (SSSR count). The number of nitrogens with one attached hydrogen (secondary N) is 1. The number of carboxylic acid groups (broad SMARTS) is 1. The molecule has 0 atom stereocenters. The van der Waals surface area contributed by atoms with Crippen LogP contribution < -0.4 is 10.1 Å². The molecule has 7 nitrogen and oxygen atoms in total. The first-order valence-corrected chi connectivity index (χ1v) is 11.3. The van der Waals surface area contributed by atoms with Crippen molar-refractivity contribution in [3.8, 4) is 28.3 Å². The van der Waals surface area contributed by atoms with Crippen LogP contribution in [0.5, 0.6) is 5.88 Å². The molecule has 7 heteroatoms. The van der Waals surface area contributed by atoms with Crippen molar-refractivity contribution < 1.29 is 19.2 Å². The molecule has 0 aliphatic heterocycles. The smallest absolute Gasteiger partial charge is 0.314 e. The van der Waals surface area contributed by atoms with Gasteiger partial charge in [0, 0.05) is 11.6 Å². The average Bonchev–Trinajstić information content (AvgIpc) is 3.60. The lowest BCUT2D eigenvalue weighted by Crippen LogP contribution is -2.19. The Morgan fingerprint density at radius 3 is 2.29 bits per heavy atom. The number of ether oxygens (including phenoxy) is 1. The van der Waals surface area contributed by atoms with Crippen LogP contribution in [0.25, 0.3) is 22.5 Å². The summed E-state index contributed by atoms with van der Waals surface area (Å²) in [5.41, 5.74) is 4.61. The molecule has 0 unspecified atom stereocenters. The van der Waals surface area contributed by atoms with E-state index in [1.54, 1.807) is 0 Å². The zero-order valence-electron chi connectivity index (χ0n) is 19.0. The average molecular weight is 456 g/mol. The maximum absolute atomic E-state index is 11.6. The molecule has 1 aliphatic rings. The predicted octanol–water partition coefficient (Wildman–Crippen LogP) is 5.97. The van der Waals surface area contributed by atoms with Crippen LogP contribution in [0.15, 0.2) is 71.3 Å². The Balaban J connectivity index is 1.37. The number of carboxylic acids is 1. The van der Waals surface area contributed by atoms with Crippen molar-refractivity contribution in [2.75, 3.05) is 11.9 Å². The van der Waals surface area contributed by atoms with Crippen LogP contribution in [0.1, 0.15) is 31.0 Å². The number of aromatic nitrogens is 2. The second-order valence-corrected chi connectivity index (χ2v) is 8.43. The lowest BCUT2D eigenvalue weighted by Gasteiger charge is -2.11. The van der Waals surface area contributed by atoms with E-state index in [2.05, 4.69) is 15.5 Å². The SMILES string of the molecule is CCOc1cccc(Nc2c(C)noc2-c2ccc(-c3ccc(C4(C(=O)O)CC4)cc3)cc2)n1. The first-order chi connectivity index (χ1) is 16.5. The zero-order chi connectivity index (χ0) is 23.7. The van der Waals surface area contributed by atoms with Gasteiger partial charge in [-0.1, -0.05) is 59.8 Å². The Labute approximate surface area is 197 Å². The second-order valence-electron chi connectivity index (χ2n) is 8.43. The lowest BCUT2D eigenvalue weighted by atomic mass is 9.93. The van der Waals surface area contributed by atoms with Crippen molar-refractivity contribution in [3.63, 3.8) is 0 Å². The van der Waals surface area contributed by atoms with Gasteiger partial charge in [-0.3, -0.25) is 4.79 Å². The topological polar surface area (TPSA) is 97.5 Å². The minimum atomic E-state index is -0.740. The van der Waals surface area contributed by atoms with Crippen molar-refractivity contribution >= 4 is 17.5 Å². The van der Waals surface area contributed by atoms with Crippen LogP contribution in [0.4, 0.5) is 11.5 Å².